The molecular formula is C23H28N4O3. The van der Waals surface area contributed by atoms with E-state index in [-0.39, 0.29) is 24.2 Å². The van der Waals surface area contributed by atoms with E-state index in [1.807, 2.05) is 54.0 Å². The third-order valence-electron chi connectivity index (χ3n) is 6.65. The maximum absolute atomic E-state index is 12.9. The number of hydrogen-bond acceptors (Lipinski definition) is 6. The van der Waals surface area contributed by atoms with Gasteiger partial charge in [0.15, 0.2) is 5.82 Å². The van der Waals surface area contributed by atoms with Gasteiger partial charge in [-0.1, -0.05) is 30.3 Å². The molecule has 1 aliphatic carbocycles. The lowest BCUT2D eigenvalue weighted by atomic mass is 9.85. The Hall–Kier alpha value is -2.80. The van der Waals surface area contributed by atoms with Crippen molar-refractivity contribution in [2.75, 3.05) is 10.2 Å². The van der Waals surface area contributed by atoms with E-state index in [1.165, 1.54) is 0 Å². The SMILES string of the molecule is CC1(C)OC(=O)N(C2CCC(N3c4ncccc4NC3O)CC2)C1c1ccccc1. The predicted molar refractivity (Wildman–Crippen MR) is 114 cm³/mol. The first-order valence-electron chi connectivity index (χ1n) is 10.7. The summed E-state index contributed by atoms with van der Waals surface area (Å²) in [5.74, 6) is 0.803. The van der Waals surface area contributed by atoms with Crippen LogP contribution in [0.25, 0.3) is 0 Å². The number of aromatic nitrogens is 1. The molecule has 2 aromatic rings. The highest BCUT2D eigenvalue weighted by Crippen LogP contribution is 2.45. The first-order chi connectivity index (χ1) is 14.5. The van der Waals surface area contributed by atoms with Gasteiger partial charge in [-0.05, 0) is 57.2 Å². The Morgan fingerprint density at radius 1 is 1.03 bits per heavy atom. The van der Waals surface area contributed by atoms with E-state index >= 15 is 0 Å². The molecule has 1 saturated carbocycles. The molecule has 7 heteroatoms. The summed E-state index contributed by atoms with van der Waals surface area (Å²) < 4.78 is 5.79. The summed E-state index contributed by atoms with van der Waals surface area (Å²) in [5, 5.41) is 13.6. The molecule has 2 N–H and O–H groups in total. The van der Waals surface area contributed by atoms with Crippen LogP contribution in [-0.4, -0.2) is 45.1 Å². The van der Waals surface area contributed by atoms with Crippen molar-refractivity contribution < 1.29 is 14.6 Å². The number of fused-ring (bicyclic) bond motifs is 1. The molecule has 1 aromatic carbocycles. The van der Waals surface area contributed by atoms with Crippen LogP contribution in [0.3, 0.4) is 0 Å². The number of hydrogen-bond donors (Lipinski definition) is 2. The predicted octanol–water partition coefficient (Wildman–Crippen LogP) is 3.87. The molecule has 30 heavy (non-hydrogen) atoms. The average Bonchev–Trinajstić information content (AvgIpc) is 3.20. The van der Waals surface area contributed by atoms with Gasteiger partial charge in [0, 0.05) is 18.3 Å². The summed E-state index contributed by atoms with van der Waals surface area (Å²) in [7, 11) is 0. The molecule has 0 spiro atoms. The Morgan fingerprint density at radius 3 is 2.40 bits per heavy atom. The Bertz CT molecular complexity index is 927. The third kappa shape index (κ3) is 3.08. The van der Waals surface area contributed by atoms with Gasteiger partial charge < -0.3 is 20.1 Å². The Labute approximate surface area is 176 Å². The van der Waals surface area contributed by atoms with Crippen LogP contribution < -0.4 is 10.2 Å². The fourth-order valence-corrected chi connectivity index (χ4v) is 5.36. The fourth-order valence-electron chi connectivity index (χ4n) is 5.36. The summed E-state index contributed by atoms with van der Waals surface area (Å²) in [6.45, 7) is 3.98. The van der Waals surface area contributed by atoms with Crippen molar-refractivity contribution >= 4 is 17.6 Å². The van der Waals surface area contributed by atoms with Crippen LogP contribution in [0.2, 0.25) is 0 Å². The standard InChI is InChI=1S/C23H28N4O3/c1-23(2)19(15-7-4-3-5-8-15)26(22(29)30-23)16-10-12-17(13-11-16)27-20-18(25-21(27)28)9-6-14-24-20/h3-9,14,16-17,19,21,25,28H,10-13H2,1-2H3. The summed E-state index contributed by atoms with van der Waals surface area (Å²) >= 11 is 0. The van der Waals surface area contributed by atoms with Crippen molar-refractivity contribution in [1.82, 2.24) is 9.88 Å². The van der Waals surface area contributed by atoms with E-state index in [2.05, 4.69) is 22.4 Å². The largest absolute Gasteiger partial charge is 0.441 e. The number of benzene rings is 1. The van der Waals surface area contributed by atoms with Crippen molar-refractivity contribution in [3.05, 3.63) is 54.2 Å². The van der Waals surface area contributed by atoms with Crippen LogP contribution in [-0.2, 0) is 4.74 Å². The monoisotopic (exact) mass is 408 g/mol. The molecule has 2 fully saturated rings. The molecule has 1 amide bonds. The number of ether oxygens (including phenoxy) is 1. The normalized spacial score (nSPS) is 30.0. The minimum atomic E-state index is -0.760. The number of nitrogens with zero attached hydrogens (tertiary/aromatic N) is 3. The van der Waals surface area contributed by atoms with Gasteiger partial charge in [0.2, 0.25) is 6.35 Å². The number of pyridine rings is 1. The lowest BCUT2D eigenvalue weighted by molar-refractivity contribution is 0.0663. The number of amides is 1. The summed E-state index contributed by atoms with van der Waals surface area (Å²) in [6.07, 6.45) is 4.26. The van der Waals surface area contributed by atoms with E-state index in [4.69, 9.17) is 4.74 Å². The van der Waals surface area contributed by atoms with Crippen LogP contribution in [0.5, 0.6) is 0 Å². The number of aliphatic hydroxyl groups is 1. The van der Waals surface area contributed by atoms with Crippen LogP contribution in [0.1, 0.15) is 51.1 Å². The first kappa shape index (κ1) is 19.2. The Kier molecular flexibility index (Phi) is 4.58. The highest BCUT2D eigenvalue weighted by Gasteiger charge is 2.51. The highest BCUT2D eigenvalue weighted by atomic mass is 16.6. The van der Waals surface area contributed by atoms with E-state index in [1.54, 1.807) is 6.20 Å². The molecule has 158 valence electrons. The lowest BCUT2D eigenvalue weighted by Crippen LogP contribution is -2.49. The van der Waals surface area contributed by atoms with Gasteiger partial charge in [0.25, 0.3) is 0 Å². The number of rotatable bonds is 3. The highest BCUT2D eigenvalue weighted by molar-refractivity contribution is 5.73. The van der Waals surface area contributed by atoms with Gasteiger partial charge in [-0.25, -0.2) is 9.78 Å². The maximum Gasteiger partial charge on any atom is 0.411 e. The molecular weight excluding hydrogens is 380 g/mol. The van der Waals surface area contributed by atoms with Crippen molar-refractivity contribution in [2.24, 2.45) is 0 Å². The number of carbonyl (C=O) groups is 1. The Balaban J connectivity index is 1.34. The molecule has 1 aromatic heterocycles. The molecule has 3 heterocycles. The second-order valence-electron chi connectivity index (χ2n) is 8.95. The Morgan fingerprint density at radius 2 is 1.70 bits per heavy atom. The molecule has 3 aliphatic rings. The molecule has 1 saturated heterocycles. The van der Waals surface area contributed by atoms with Gasteiger partial charge >= 0.3 is 6.09 Å². The maximum atomic E-state index is 12.9. The van der Waals surface area contributed by atoms with Gasteiger partial charge in [0.05, 0.1) is 11.7 Å². The van der Waals surface area contributed by atoms with Gasteiger partial charge in [0.1, 0.15) is 5.60 Å². The van der Waals surface area contributed by atoms with E-state index < -0.39 is 12.0 Å². The van der Waals surface area contributed by atoms with Gasteiger partial charge in [-0.2, -0.15) is 0 Å². The fraction of sp³-hybridized carbons (Fsp3) is 0.478. The smallest absolute Gasteiger partial charge is 0.411 e. The van der Waals surface area contributed by atoms with Gasteiger partial charge in [-0.15, -0.1) is 0 Å². The van der Waals surface area contributed by atoms with Crippen LogP contribution >= 0.6 is 0 Å². The number of nitrogens with one attached hydrogen (secondary N) is 1. The average molecular weight is 409 g/mol. The minimum absolute atomic E-state index is 0.103. The topological polar surface area (TPSA) is 77.9 Å². The zero-order valence-electron chi connectivity index (χ0n) is 17.4. The summed E-state index contributed by atoms with van der Waals surface area (Å²) in [4.78, 5) is 21.3. The molecule has 0 radical (unpaired) electrons. The minimum Gasteiger partial charge on any atom is -0.441 e. The lowest BCUT2D eigenvalue weighted by Gasteiger charge is -2.41. The van der Waals surface area contributed by atoms with E-state index in [0.29, 0.717) is 0 Å². The van der Waals surface area contributed by atoms with Crippen molar-refractivity contribution in [3.63, 3.8) is 0 Å². The molecule has 2 unspecified atom stereocenters. The number of cyclic esters (lactones) is 1. The second kappa shape index (κ2) is 7.16. The zero-order valence-corrected chi connectivity index (χ0v) is 17.4. The second-order valence-corrected chi connectivity index (χ2v) is 8.95. The van der Waals surface area contributed by atoms with Gasteiger partial charge in [-0.3, -0.25) is 4.90 Å². The van der Waals surface area contributed by atoms with Crippen molar-refractivity contribution in [1.29, 1.82) is 0 Å². The van der Waals surface area contributed by atoms with Crippen LogP contribution in [0.15, 0.2) is 48.7 Å². The number of aliphatic hydroxyl groups excluding tert-OH is 1. The van der Waals surface area contributed by atoms with E-state index in [0.717, 1.165) is 42.8 Å². The molecule has 2 atom stereocenters. The third-order valence-corrected chi connectivity index (χ3v) is 6.65. The molecule has 7 nitrogen and oxygen atoms in total. The van der Waals surface area contributed by atoms with E-state index in [9.17, 15) is 9.90 Å². The quantitative estimate of drug-likeness (QED) is 0.803. The number of carbonyl (C=O) groups excluding carboxylic acids is 1. The number of anilines is 2. The molecule has 0 bridgehead atoms. The first-order valence-corrected chi connectivity index (χ1v) is 10.7. The van der Waals surface area contributed by atoms with Crippen molar-refractivity contribution in [2.45, 2.75) is 69.6 Å². The van der Waals surface area contributed by atoms with Crippen LogP contribution in [0, 0.1) is 0 Å². The summed E-state index contributed by atoms with van der Waals surface area (Å²) in [6, 6.07) is 14.2. The van der Waals surface area contributed by atoms with Crippen LogP contribution in [0.4, 0.5) is 16.3 Å². The zero-order chi connectivity index (χ0) is 20.9. The molecule has 5 rings (SSSR count). The van der Waals surface area contributed by atoms with Crippen molar-refractivity contribution in [3.8, 4) is 0 Å². The molecule has 2 aliphatic heterocycles. The summed E-state index contributed by atoms with van der Waals surface area (Å²) in [5.41, 5.74) is 1.39.